The van der Waals surface area contributed by atoms with Crippen molar-refractivity contribution in [3.8, 4) is 0 Å². The molecule has 1 rings (SSSR count). The number of nitro benzene ring substituents is 1. The molecule has 0 heterocycles. The number of hydrogen-bond donors (Lipinski definition) is 3. The molecule has 0 radical (unpaired) electrons. The SMILES string of the molecule is CSCC(C)NS(=O)(=O)c1cc(NN)ccc1[N+](=O)[O-]. The standard InChI is InChI=1S/C10H16N4O4S2/c1-7(6-19-2)13-20(17,18)10-5-8(12-11)3-4-9(10)14(15)16/h3-5,7,12-13H,6,11H2,1-2H3. The fourth-order valence-corrected chi connectivity index (χ4v) is 3.71. The molecule has 0 fully saturated rings. The van der Waals surface area contributed by atoms with E-state index >= 15 is 0 Å². The number of nitrogens with two attached hydrogens (primary N) is 1. The van der Waals surface area contributed by atoms with Gasteiger partial charge in [0.2, 0.25) is 10.0 Å². The summed E-state index contributed by atoms with van der Waals surface area (Å²) in [6.45, 7) is 1.69. The van der Waals surface area contributed by atoms with E-state index in [1.54, 1.807) is 6.92 Å². The molecule has 112 valence electrons. The van der Waals surface area contributed by atoms with Crippen molar-refractivity contribution in [3.05, 3.63) is 28.3 Å². The average Bonchev–Trinajstić information content (AvgIpc) is 2.37. The summed E-state index contributed by atoms with van der Waals surface area (Å²) < 4.78 is 26.8. The highest BCUT2D eigenvalue weighted by atomic mass is 32.2. The summed E-state index contributed by atoms with van der Waals surface area (Å²) in [5.41, 5.74) is 2.04. The zero-order chi connectivity index (χ0) is 15.3. The number of thioether (sulfide) groups is 1. The monoisotopic (exact) mass is 320 g/mol. The van der Waals surface area contributed by atoms with E-state index in [1.165, 1.54) is 17.8 Å². The third kappa shape index (κ3) is 4.07. The number of nitro groups is 1. The van der Waals surface area contributed by atoms with E-state index in [9.17, 15) is 18.5 Å². The molecule has 8 nitrogen and oxygen atoms in total. The van der Waals surface area contributed by atoms with E-state index in [0.29, 0.717) is 5.75 Å². The van der Waals surface area contributed by atoms with Crippen molar-refractivity contribution in [3.63, 3.8) is 0 Å². The number of nitrogens with zero attached hydrogens (tertiary/aromatic N) is 1. The van der Waals surface area contributed by atoms with E-state index in [4.69, 9.17) is 5.84 Å². The quantitative estimate of drug-likeness (QED) is 0.387. The number of hydrogen-bond acceptors (Lipinski definition) is 7. The van der Waals surface area contributed by atoms with Gasteiger partial charge in [-0.3, -0.25) is 16.0 Å². The fraction of sp³-hybridized carbons (Fsp3) is 0.400. The van der Waals surface area contributed by atoms with Gasteiger partial charge in [0.1, 0.15) is 0 Å². The summed E-state index contributed by atoms with van der Waals surface area (Å²) in [5.74, 6) is 5.76. The molecule has 10 heteroatoms. The van der Waals surface area contributed by atoms with Crippen molar-refractivity contribution in [2.75, 3.05) is 17.4 Å². The van der Waals surface area contributed by atoms with Gasteiger partial charge in [0.05, 0.1) is 10.6 Å². The van der Waals surface area contributed by atoms with Crippen LogP contribution in [0.3, 0.4) is 0 Å². The van der Waals surface area contributed by atoms with Gasteiger partial charge in [0, 0.05) is 17.9 Å². The van der Waals surface area contributed by atoms with Gasteiger partial charge < -0.3 is 5.43 Å². The molecule has 20 heavy (non-hydrogen) atoms. The van der Waals surface area contributed by atoms with Gasteiger partial charge >= 0.3 is 0 Å². The summed E-state index contributed by atoms with van der Waals surface area (Å²) in [4.78, 5) is 9.78. The van der Waals surface area contributed by atoms with Gasteiger partial charge in [0.25, 0.3) is 5.69 Å². The van der Waals surface area contributed by atoms with E-state index in [1.807, 2.05) is 6.26 Å². The lowest BCUT2D eigenvalue weighted by Gasteiger charge is -2.13. The molecule has 1 unspecified atom stereocenters. The maximum absolute atomic E-state index is 12.2. The molecule has 0 amide bonds. The number of hydrazine groups is 1. The lowest BCUT2D eigenvalue weighted by atomic mass is 10.3. The second kappa shape index (κ2) is 6.88. The lowest BCUT2D eigenvalue weighted by molar-refractivity contribution is -0.387. The van der Waals surface area contributed by atoms with Gasteiger partial charge in [-0.1, -0.05) is 0 Å². The summed E-state index contributed by atoms with van der Waals surface area (Å²) in [6, 6.07) is 3.22. The highest BCUT2D eigenvalue weighted by molar-refractivity contribution is 7.98. The lowest BCUT2D eigenvalue weighted by Crippen LogP contribution is -2.34. The molecule has 1 aromatic rings. The molecule has 0 aromatic heterocycles. The first kappa shape index (κ1) is 16.7. The molecule has 0 saturated heterocycles. The van der Waals surface area contributed by atoms with Crippen molar-refractivity contribution in [2.24, 2.45) is 5.84 Å². The first-order valence-corrected chi connectivity index (χ1v) is 8.46. The van der Waals surface area contributed by atoms with Crippen LogP contribution in [-0.4, -0.2) is 31.4 Å². The molecule has 1 atom stereocenters. The van der Waals surface area contributed by atoms with Crippen LogP contribution in [0.25, 0.3) is 0 Å². The van der Waals surface area contributed by atoms with Crippen LogP contribution in [0, 0.1) is 10.1 Å². The zero-order valence-electron chi connectivity index (χ0n) is 11.0. The first-order valence-electron chi connectivity index (χ1n) is 5.58. The topological polar surface area (TPSA) is 127 Å². The van der Waals surface area contributed by atoms with E-state index < -0.39 is 25.5 Å². The Morgan fingerprint density at radius 3 is 2.65 bits per heavy atom. The van der Waals surface area contributed by atoms with Gasteiger partial charge in [-0.15, -0.1) is 0 Å². The number of benzene rings is 1. The maximum atomic E-state index is 12.2. The van der Waals surface area contributed by atoms with Gasteiger partial charge in [-0.2, -0.15) is 11.8 Å². The Hall–Kier alpha value is -1.36. The van der Waals surface area contributed by atoms with Crippen molar-refractivity contribution in [1.82, 2.24) is 4.72 Å². The highest BCUT2D eigenvalue weighted by Crippen LogP contribution is 2.26. The van der Waals surface area contributed by atoms with Crippen molar-refractivity contribution >= 4 is 33.2 Å². The number of sulfonamides is 1. The van der Waals surface area contributed by atoms with Crippen molar-refractivity contribution in [2.45, 2.75) is 17.9 Å². The molecule has 0 aliphatic heterocycles. The van der Waals surface area contributed by atoms with Crippen LogP contribution in [0.1, 0.15) is 6.92 Å². The minimum atomic E-state index is -3.99. The summed E-state index contributed by atoms with van der Waals surface area (Å²) in [5, 5.41) is 10.9. The van der Waals surface area contributed by atoms with Crippen LogP contribution in [0.15, 0.2) is 23.1 Å². The molecule has 0 aliphatic rings. The predicted octanol–water partition coefficient (Wildman–Crippen LogP) is 0.910. The fourth-order valence-electron chi connectivity index (χ4n) is 1.58. The smallest absolute Gasteiger partial charge is 0.289 e. The summed E-state index contributed by atoms with van der Waals surface area (Å²) in [6.07, 6.45) is 1.84. The molecule has 0 bridgehead atoms. The summed E-state index contributed by atoms with van der Waals surface area (Å²) >= 11 is 1.47. The molecular weight excluding hydrogens is 304 g/mol. The Bertz CT molecular complexity index is 591. The Morgan fingerprint density at radius 2 is 2.15 bits per heavy atom. The highest BCUT2D eigenvalue weighted by Gasteiger charge is 2.27. The van der Waals surface area contributed by atoms with Gasteiger partial charge in [-0.05, 0) is 25.3 Å². The average molecular weight is 320 g/mol. The Balaban J connectivity index is 3.24. The van der Waals surface area contributed by atoms with Crippen molar-refractivity contribution in [1.29, 1.82) is 0 Å². The van der Waals surface area contributed by atoms with Crippen LogP contribution < -0.4 is 16.0 Å². The molecule has 0 saturated carbocycles. The maximum Gasteiger partial charge on any atom is 0.289 e. The minimum Gasteiger partial charge on any atom is -0.324 e. The second-order valence-electron chi connectivity index (χ2n) is 4.06. The number of rotatable bonds is 7. The summed E-state index contributed by atoms with van der Waals surface area (Å²) in [7, 11) is -3.99. The first-order chi connectivity index (χ1) is 9.31. The number of nitrogen functional groups attached to an aromatic ring is 1. The van der Waals surface area contributed by atoms with Crippen LogP contribution in [0.4, 0.5) is 11.4 Å². The molecule has 4 N–H and O–H groups in total. The molecule has 0 aliphatic carbocycles. The molecular formula is C10H16N4O4S2. The van der Waals surface area contributed by atoms with Crippen LogP contribution >= 0.6 is 11.8 Å². The van der Waals surface area contributed by atoms with E-state index in [-0.39, 0.29) is 11.7 Å². The van der Waals surface area contributed by atoms with Crippen LogP contribution in [0.5, 0.6) is 0 Å². The largest absolute Gasteiger partial charge is 0.324 e. The number of nitrogens with one attached hydrogen (secondary N) is 2. The Morgan fingerprint density at radius 1 is 1.50 bits per heavy atom. The Labute approximate surface area is 121 Å². The molecule has 1 aromatic carbocycles. The third-order valence-corrected chi connectivity index (χ3v) is 4.84. The zero-order valence-corrected chi connectivity index (χ0v) is 12.6. The predicted molar refractivity (Wildman–Crippen MR) is 79.1 cm³/mol. The molecule has 0 spiro atoms. The second-order valence-corrected chi connectivity index (χ2v) is 6.65. The van der Waals surface area contributed by atoms with Crippen LogP contribution in [-0.2, 0) is 10.0 Å². The normalized spacial score (nSPS) is 12.9. The Kier molecular flexibility index (Phi) is 5.74. The van der Waals surface area contributed by atoms with Gasteiger partial charge in [-0.25, -0.2) is 13.1 Å². The number of anilines is 1. The third-order valence-electron chi connectivity index (χ3n) is 2.39. The minimum absolute atomic E-state index is 0.272. The van der Waals surface area contributed by atoms with Gasteiger partial charge in [0.15, 0.2) is 4.90 Å². The van der Waals surface area contributed by atoms with E-state index in [0.717, 1.165) is 12.1 Å². The van der Waals surface area contributed by atoms with Crippen LogP contribution in [0.2, 0.25) is 0 Å². The van der Waals surface area contributed by atoms with E-state index in [2.05, 4.69) is 10.1 Å². The van der Waals surface area contributed by atoms with Crippen molar-refractivity contribution < 1.29 is 13.3 Å².